The zero-order chi connectivity index (χ0) is 15.1. The molecule has 0 amide bonds. The SMILES string of the molecule is CCCN(C)c1cnn(CCNC2CCCCC2)c(=O)c1. The third-order valence-electron chi connectivity index (χ3n) is 4.22. The smallest absolute Gasteiger partial charge is 0.268 e. The molecule has 1 fully saturated rings. The van der Waals surface area contributed by atoms with Crippen LogP contribution in [0.3, 0.4) is 0 Å². The van der Waals surface area contributed by atoms with Gasteiger partial charge in [0, 0.05) is 32.2 Å². The van der Waals surface area contributed by atoms with E-state index in [1.165, 1.54) is 32.1 Å². The maximum atomic E-state index is 12.1. The van der Waals surface area contributed by atoms with Crippen molar-refractivity contribution in [2.75, 3.05) is 25.0 Å². The number of anilines is 1. The Morgan fingerprint density at radius 3 is 2.81 bits per heavy atom. The highest BCUT2D eigenvalue weighted by Crippen LogP contribution is 2.17. The Labute approximate surface area is 127 Å². The van der Waals surface area contributed by atoms with Crippen molar-refractivity contribution in [1.82, 2.24) is 15.1 Å². The molecule has 1 aliphatic rings. The van der Waals surface area contributed by atoms with Gasteiger partial charge < -0.3 is 10.2 Å². The first-order chi connectivity index (χ1) is 10.2. The molecule has 1 aliphatic carbocycles. The van der Waals surface area contributed by atoms with E-state index in [0.717, 1.165) is 25.2 Å². The molecule has 5 heteroatoms. The normalized spacial score (nSPS) is 16.1. The third-order valence-corrected chi connectivity index (χ3v) is 4.22. The third kappa shape index (κ3) is 4.84. The van der Waals surface area contributed by atoms with Crippen molar-refractivity contribution in [2.24, 2.45) is 0 Å². The second-order valence-corrected chi connectivity index (χ2v) is 5.99. The van der Waals surface area contributed by atoms with Crippen molar-refractivity contribution >= 4 is 5.69 Å². The van der Waals surface area contributed by atoms with Crippen LogP contribution in [0.1, 0.15) is 45.4 Å². The van der Waals surface area contributed by atoms with Gasteiger partial charge in [0.2, 0.25) is 0 Å². The van der Waals surface area contributed by atoms with Crippen molar-refractivity contribution in [2.45, 2.75) is 58.0 Å². The highest BCUT2D eigenvalue weighted by molar-refractivity contribution is 5.41. The van der Waals surface area contributed by atoms with Crippen LogP contribution in [0.25, 0.3) is 0 Å². The lowest BCUT2D eigenvalue weighted by Crippen LogP contribution is -2.36. The lowest BCUT2D eigenvalue weighted by Gasteiger charge is -2.23. The van der Waals surface area contributed by atoms with E-state index < -0.39 is 0 Å². The summed E-state index contributed by atoms with van der Waals surface area (Å²) < 4.78 is 1.55. The summed E-state index contributed by atoms with van der Waals surface area (Å²) in [4.78, 5) is 14.1. The van der Waals surface area contributed by atoms with Gasteiger partial charge in [-0.05, 0) is 19.3 Å². The van der Waals surface area contributed by atoms with Crippen LogP contribution in [0.15, 0.2) is 17.1 Å². The van der Waals surface area contributed by atoms with E-state index in [2.05, 4.69) is 22.2 Å². The zero-order valence-electron chi connectivity index (χ0n) is 13.3. The summed E-state index contributed by atoms with van der Waals surface area (Å²) in [5.74, 6) is 0. The predicted octanol–water partition coefficient (Wildman–Crippen LogP) is 2.01. The Morgan fingerprint density at radius 1 is 1.38 bits per heavy atom. The Hall–Kier alpha value is -1.36. The molecule has 1 N–H and O–H groups in total. The second-order valence-electron chi connectivity index (χ2n) is 5.99. The van der Waals surface area contributed by atoms with E-state index in [1.54, 1.807) is 16.9 Å². The molecule has 0 aliphatic heterocycles. The highest BCUT2D eigenvalue weighted by Gasteiger charge is 2.12. The molecular weight excluding hydrogens is 264 g/mol. The number of hydrogen-bond donors (Lipinski definition) is 1. The Morgan fingerprint density at radius 2 is 2.14 bits per heavy atom. The minimum absolute atomic E-state index is 0.0131. The fourth-order valence-corrected chi connectivity index (χ4v) is 2.95. The molecule has 0 spiro atoms. The number of rotatable bonds is 7. The van der Waals surface area contributed by atoms with Gasteiger partial charge in [-0.1, -0.05) is 26.2 Å². The van der Waals surface area contributed by atoms with E-state index in [4.69, 9.17) is 0 Å². The molecule has 21 heavy (non-hydrogen) atoms. The molecule has 0 saturated heterocycles. The minimum Gasteiger partial charge on any atom is -0.373 e. The lowest BCUT2D eigenvalue weighted by molar-refractivity contribution is 0.363. The molecule has 2 rings (SSSR count). The van der Waals surface area contributed by atoms with E-state index in [0.29, 0.717) is 12.6 Å². The van der Waals surface area contributed by atoms with Gasteiger partial charge in [0.15, 0.2) is 0 Å². The van der Waals surface area contributed by atoms with Gasteiger partial charge in [-0.2, -0.15) is 5.10 Å². The lowest BCUT2D eigenvalue weighted by atomic mass is 9.95. The first kappa shape index (κ1) is 16.0. The van der Waals surface area contributed by atoms with E-state index >= 15 is 0 Å². The molecule has 5 nitrogen and oxygen atoms in total. The van der Waals surface area contributed by atoms with Crippen LogP contribution >= 0.6 is 0 Å². The van der Waals surface area contributed by atoms with Gasteiger partial charge in [0.1, 0.15) is 0 Å². The first-order valence-corrected chi connectivity index (χ1v) is 8.22. The van der Waals surface area contributed by atoms with E-state index in [1.807, 2.05) is 7.05 Å². The van der Waals surface area contributed by atoms with Gasteiger partial charge in [-0.25, -0.2) is 4.68 Å². The maximum absolute atomic E-state index is 12.1. The van der Waals surface area contributed by atoms with Crippen LogP contribution < -0.4 is 15.8 Å². The molecule has 118 valence electrons. The Bertz CT molecular complexity index is 479. The quantitative estimate of drug-likeness (QED) is 0.835. The Balaban J connectivity index is 1.84. The largest absolute Gasteiger partial charge is 0.373 e. The van der Waals surface area contributed by atoms with Crippen LogP contribution in [-0.2, 0) is 6.54 Å². The summed E-state index contributed by atoms with van der Waals surface area (Å²) in [6.45, 7) is 4.53. The zero-order valence-corrected chi connectivity index (χ0v) is 13.3. The fraction of sp³-hybridized carbons (Fsp3) is 0.750. The van der Waals surface area contributed by atoms with Crippen molar-refractivity contribution in [3.63, 3.8) is 0 Å². The van der Waals surface area contributed by atoms with Crippen molar-refractivity contribution in [3.8, 4) is 0 Å². The molecule has 1 saturated carbocycles. The summed E-state index contributed by atoms with van der Waals surface area (Å²) in [5.41, 5.74) is 0.888. The highest BCUT2D eigenvalue weighted by atomic mass is 16.1. The summed E-state index contributed by atoms with van der Waals surface area (Å²) in [5, 5.41) is 7.83. The summed E-state index contributed by atoms with van der Waals surface area (Å²) in [6.07, 6.45) is 9.41. The second kappa shape index (κ2) is 8.17. The number of aromatic nitrogens is 2. The van der Waals surface area contributed by atoms with Crippen LogP contribution in [-0.4, -0.2) is 36.0 Å². The first-order valence-electron chi connectivity index (χ1n) is 8.22. The molecule has 0 bridgehead atoms. The average molecular weight is 292 g/mol. The molecule has 1 heterocycles. The molecule has 0 unspecified atom stereocenters. The molecule has 1 aromatic heterocycles. The monoisotopic (exact) mass is 292 g/mol. The van der Waals surface area contributed by atoms with Crippen LogP contribution in [0, 0.1) is 0 Å². The molecular formula is C16H28N4O. The Kier molecular flexibility index (Phi) is 6.23. The molecule has 1 aromatic rings. The molecule has 0 aromatic carbocycles. The van der Waals surface area contributed by atoms with Gasteiger partial charge in [0.05, 0.1) is 18.4 Å². The molecule has 0 radical (unpaired) electrons. The van der Waals surface area contributed by atoms with Gasteiger partial charge >= 0.3 is 0 Å². The number of nitrogens with one attached hydrogen (secondary N) is 1. The van der Waals surface area contributed by atoms with Crippen molar-refractivity contribution in [3.05, 3.63) is 22.6 Å². The van der Waals surface area contributed by atoms with Crippen molar-refractivity contribution in [1.29, 1.82) is 0 Å². The van der Waals surface area contributed by atoms with Gasteiger partial charge in [-0.3, -0.25) is 4.79 Å². The van der Waals surface area contributed by atoms with Crippen LogP contribution in [0.4, 0.5) is 5.69 Å². The number of hydrogen-bond acceptors (Lipinski definition) is 4. The maximum Gasteiger partial charge on any atom is 0.268 e. The van der Waals surface area contributed by atoms with E-state index in [-0.39, 0.29) is 5.56 Å². The molecule has 0 atom stereocenters. The van der Waals surface area contributed by atoms with Crippen LogP contribution in [0.2, 0.25) is 0 Å². The fourth-order valence-electron chi connectivity index (χ4n) is 2.95. The summed E-state index contributed by atoms with van der Waals surface area (Å²) >= 11 is 0. The number of nitrogens with zero attached hydrogens (tertiary/aromatic N) is 3. The van der Waals surface area contributed by atoms with Crippen LogP contribution in [0.5, 0.6) is 0 Å². The topological polar surface area (TPSA) is 50.2 Å². The van der Waals surface area contributed by atoms with Gasteiger partial charge in [0.25, 0.3) is 5.56 Å². The predicted molar refractivity (Wildman–Crippen MR) is 86.9 cm³/mol. The van der Waals surface area contributed by atoms with Crippen molar-refractivity contribution < 1.29 is 0 Å². The summed E-state index contributed by atoms with van der Waals surface area (Å²) in [6, 6.07) is 2.31. The van der Waals surface area contributed by atoms with Gasteiger partial charge in [-0.15, -0.1) is 0 Å². The standard InChI is InChI=1S/C16H28N4O/c1-3-10-19(2)15-12-16(21)20(18-13-15)11-9-17-14-7-5-4-6-8-14/h12-14,17H,3-11H2,1-2H3. The summed E-state index contributed by atoms with van der Waals surface area (Å²) in [7, 11) is 1.99. The van der Waals surface area contributed by atoms with E-state index in [9.17, 15) is 4.79 Å². The average Bonchev–Trinajstić information content (AvgIpc) is 2.50. The minimum atomic E-state index is -0.0131.